The minimum atomic E-state index is 0.887. The molecule has 2 rings (SSSR count). The third-order valence-corrected chi connectivity index (χ3v) is 3.64. The highest BCUT2D eigenvalue weighted by atomic mass is 14.9. The van der Waals surface area contributed by atoms with Crippen LogP contribution in [0, 0.1) is 34.6 Å². The summed E-state index contributed by atoms with van der Waals surface area (Å²) in [7, 11) is 0. The minimum absolute atomic E-state index is 0.887. The second-order valence-electron chi connectivity index (χ2n) is 5.56. The van der Waals surface area contributed by atoms with Crippen molar-refractivity contribution in [3.05, 3.63) is 63.7 Å². The Bertz CT molecular complexity index is 574. The Labute approximate surface area is 116 Å². The van der Waals surface area contributed by atoms with Crippen LogP contribution in [0.15, 0.2) is 30.3 Å². The molecule has 0 radical (unpaired) electrons. The van der Waals surface area contributed by atoms with E-state index in [1.165, 1.54) is 39.1 Å². The molecule has 0 fully saturated rings. The maximum atomic E-state index is 3.59. The van der Waals surface area contributed by atoms with Crippen LogP contribution in [0.2, 0.25) is 0 Å². The van der Waals surface area contributed by atoms with Crippen molar-refractivity contribution in [1.82, 2.24) is 0 Å². The fourth-order valence-corrected chi connectivity index (χ4v) is 2.63. The Kier molecular flexibility index (Phi) is 3.94. The van der Waals surface area contributed by atoms with E-state index in [0.29, 0.717) is 0 Å². The average Bonchev–Trinajstić information content (AvgIpc) is 2.32. The maximum Gasteiger partial charge on any atom is 0.0403 e. The van der Waals surface area contributed by atoms with Gasteiger partial charge in [0.15, 0.2) is 0 Å². The fourth-order valence-electron chi connectivity index (χ4n) is 2.63. The first kappa shape index (κ1) is 13.7. The molecule has 0 atom stereocenters. The van der Waals surface area contributed by atoms with E-state index in [1.807, 2.05) is 0 Å². The van der Waals surface area contributed by atoms with Crippen LogP contribution in [0.4, 0.5) is 5.69 Å². The number of benzene rings is 2. The second kappa shape index (κ2) is 5.48. The standard InChI is InChI=1S/C18H23N/c1-12-6-7-14(3)17(10-12)11-19-18-15(4)8-13(2)9-16(18)5/h6-10,19H,11H2,1-5H3. The SMILES string of the molecule is Cc1cc(C)c(NCc2cc(C)ccc2C)c(C)c1. The third kappa shape index (κ3) is 3.17. The molecule has 0 bridgehead atoms. The second-order valence-corrected chi connectivity index (χ2v) is 5.56. The summed E-state index contributed by atoms with van der Waals surface area (Å²) in [6, 6.07) is 11.1. The van der Waals surface area contributed by atoms with E-state index in [0.717, 1.165) is 6.54 Å². The lowest BCUT2D eigenvalue weighted by Gasteiger charge is -2.15. The Morgan fingerprint density at radius 1 is 0.737 bits per heavy atom. The molecule has 2 aromatic rings. The summed E-state index contributed by atoms with van der Waals surface area (Å²) in [6.45, 7) is 11.7. The molecule has 19 heavy (non-hydrogen) atoms. The van der Waals surface area contributed by atoms with Crippen LogP contribution >= 0.6 is 0 Å². The van der Waals surface area contributed by atoms with E-state index < -0.39 is 0 Å². The van der Waals surface area contributed by atoms with Gasteiger partial charge in [-0.25, -0.2) is 0 Å². The first-order valence-electron chi connectivity index (χ1n) is 6.85. The highest BCUT2D eigenvalue weighted by Crippen LogP contribution is 2.23. The zero-order valence-corrected chi connectivity index (χ0v) is 12.6. The van der Waals surface area contributed by atoms with E-state index >= 15 is 0 Å². The van der Waals surface area contributed by atoms with Crippen molar-refractivity contribution in [1.29, 1.82) is 0 Å². The molecular weight excluding hydrogens is 230 g/mol. The Hall–Kier alpha value is -1.76. The quantitative estimate of drug-likeness (QED) is 0.825. The molecule has 0 heterocycles. The summed E-state index contributed by atoms with van der Waals surface area (Å²) in [5.74, 6) is 0. The zero-order valence-electron chi connectivity index (χ0n) is 12.6. The van der Waals surface area contributed by atoms with Gasteiger partial charge in [0.1, 0.15) is 0 Å². The van der Waals surface area contributed by atoms with Crippen molar-refractivity contribution in [2.45, 2.75) is 41.2 Å². The summed E-state index contributed by atoms with van der Waals surface area (Å²) in [6.07, 6.45) is 0. The summed E-state index contributed by atoms with van der Waals surface area (Å²) in [5.41, 5.74) is 9.28. The fraction of sp³-hybridized carbons (Fsp3) is 0.333. The van der Waals surface area contributed by atoms with Gasteiger partial charge >= 0.3 is 0 Å². The molecule has 0 aliphatic heterocycles. The lowest BCUT2D eigenvalue weighted by molar-refractivity contribution is 1.09. The van der Waals surface area contributed by atoms with Gasteiger partial charge in [-0.3, -0.25) is 0 Å². The summed E-state index contributed by atoms with van der Waals surface area (Å²) < 4.78 is 0. The van der Waals surface area contributed by atoms with Crippen molar-refractivity contribution in [2.75, 3.05) is 5.32 Å². The molecule has 0 saturated carbocycles. The monoisotopic (exact) mass is 253 g/mol. The molecule has 0 unspecified atom stereocenters. The van der Waals surface area contributed by atoms with Gasteiger partial charge in [0.2, 0.25) is 0 Å². The molecule has 100 valence electrons. The third-order valence-electron chi connectivity index (χ3n) is 3.64. The van der Waals surface area contributed by atoms with E-state index in [4.69, 9.17) is 0 Å². The van der Waals surface area contributed by atoms with Crippen LogP contribution in [0.5, 0.6) is 0 Å². The van der Waals surface area contributed by atoms with Crippen LogP contribution in [0.25, 0.3) is 0 Å². The number of rotatable bonds is 3. The van der Waals surface area contributed by atoms with E-state index in [1.54, 1.807) is 0 Å². The van der Waals surface area contributed by atoms with Gasteiger partial charge in [-0.05, 0) is 56.9 Å². The van der Waals surface area contributed by atoms with E-state index in [2.05, 4.69) is 70.3 Å². The number of aryl methyl sites for hydroxylation is 5. The Morgan fingerprint density at radius 3 is 2.00 bits per heavy atom. The average molecular weight is 253 g/mol. The van der Waals surface area contributed by atoms with Crippen LogP contribution in [0.3, 0.4) is 0 Å². The first-order chi connectivity index (χ1) is 8.97. The number of nitrogens with one attached hydrogen (secondary N) is 1. The predicted molar refractivity (Wildman–Crippen MR) is 83.9 cm³/mol. The van der Waals surface area contributed by atoms with Gasteiger partial charge in [-0.1, -0.05) is 41.5 Å². The van der Waals surface area contributed by atoms with E-state index in [-0.39, 0.29) is 0 Å². The largest absolute Gasteiger partial charge is 0.381 e. The van der Waals surface area contributed by atoms with Gasteiger partial charge in [0, 0.05) is 12.2 Å². The van der Waals surface area contributed by atoms with Crippen molar-refractivity contribution in [3.8, 4) is 0 Å². The number of hydrogen-bond donors (Lipinski definition) is 1. The van der Waals surface area contributed by atoms with E-state index in [9.17, 15) is 0 Å². The Morgan fingerprint density at radius 2 is 1.37 bits per heavy atom. The molecule has 1 nitrogen and oxygen atoms in total. The molecule has 0 spiro atoms. The zero-order chi connectivity index (χ0) is 14.0. The Balaban J connectivity index is 2.21. The lowest BCUT2D eigenvalue weighted by Crippen LogP contribution is -2.05. The van der Waals surface area contributed by atoms with Gasteiger partial charge in [-0.15, -0.1) is 0 Å². The molecule has 1 heteroatoms. The molecule has 1 N–H and O–H groups in total. The van der Waals surface area contributed by atoms with Crippen LogP contribution in [0.1, 0.15) is 33.4 Å². The summed E-state index contributed by atoms with van der Waals surface area (Å²) in [5, 5.41) is 3.59. The summed E-state index contributed by atoms with van der Waals surface area (Å²) >= 11 is 0. The molecule has 0 amide bonds. The normalized spacial score (nSPS) is 10.6. The summed E-state index contributed by atoms with van der Waals surface area (Å²) in [4.78, 5) is 0. The maximum absolute atomic E-state index is 3.59. The van der Waals surface area contributed by atoms with Crippen LogP contribution < -0.4 is 5.32 Å². The molecular formula is C18H23N. The van der Waals surface area contributed by atoms with Gasteiger partial charge < -0.3 is 5.32 Å². The first-order valence-corrected chi connectivity index (χ1v) is 6.85. The van der Waals surface area contributed by atoms with Crippen molar-refractivity contribution < 1.29 is 0 Å². The topological polar surface area (TPSA) is 12.0 Å². The molecule has 0 aromatic heterocycles. The molecule has 0 aliphatic rings. The lowest BCUT2D eigenvalue weighted by atomic mass is 10.0. The number of hydrogen-bond acceptors (Lipinski definition) is 1. The predicted octanol–water partition coefficient (Wildman–Crippen LogP) is 4.84. The minimum Gasteiger partial charge on any atom is -0.381 e. The smallest absolute Gasteiger partial charge is 0.0403 e. The van der Waals surface area contributed by atoms with Crippen molar-refractivity contribution in [3.63, 3.8) is 0 Å². The van der Waals surface area contributed by atoms with Gasteiger partial charge in [-0.2, -0.15) is 0 Å². The van der Waals surface area contributed by atoms with Crippen LogP contribution in [-0.4, -0.2) is 0 Å². The highest BCUT2D eigenvalue weighted by molar-refractivity contribution is 5.58. The molecule has 0 saturated heterocycles. The molecule has 2 aromatic carbocycles. The highest BCUT2D eigenvalue weighted by Gasteiger charge is 2.04. The van der Waals surface area contributed by atoms with Gasteiger partial charge in [0.25, 0.3) is 0 Å². The van der Waals surface area contributed by atoms with Crippen molar-refractivity contribution in [2.24, 2.45) is 0 Å². The van der Waals surface area contributed by atoms with Crippen LogP contribution in [-0.2, 0) is 6.54 Å². The van der Waals surface area contributed by atoms with Crippen molar-refractivity contribution >= 4 is 5.69 Å². The van der Waals surface area contributed by atoms with Gasteiger partial charge in [0.05, 0.1) is 0 Å². The number of anilines is 1. The molecule has 0 aliphatic carbocycles.